The van der Waals surface area contributed by atoms with Crippen molar-refractivity contribution in [2.45, 2.75) is 32.6 Å². The van der Waals surface area contributed by atoms with Crippen molar-refractivity contribution in [1.29, 1.82) is 0 Å². The van der Waals surface area contributed by atoms with E-state index in [1.165, 1.54) is 12.1 Å². The maximum atomic E-state index is 12.2. The van der Waals surface area contributed by atoms with E-state index in [2.05, 4.69) is 5.32 Å². The summed E-state index contributed by atoms with van der Waals surface area (Å²) in [4.78, 5) is 0. The van der Waals surface area contributed by atoms with Gasteiger partial charge in [-0.2, -0.15) is 13.2 Å². The molecule has 0 aliphatic heterocycles. The predicted molar refractivity (Wildman–Crippen MR) is 70.0 cm³/mol. The second-order valence-corrected chi connectivity index (χ2v) is 5.16. The van der Waals surface area contributed by atoms with Crippen molar-refractivity contribution in [1.82, 2.24) is 5.32 Å². The lowest BCUT2D eigenvalue weighted by atomic mass is 10.2. The van der Waals surface area contributed by atoms with Crippen LogP contribution in [0.5, 0.6) is 5.75 Å². The van der Waals surface area contributed by atoms with Crippen LogP contribution >= 0.6 is 23.2 Å². The number of nitrogens with one attached hydrogen (secondary N) is 1. The van der Waals surface area contributed by atoms with Crippen LogP contribution in [-0.2, 0) is 6.54 Å². The van der Waals surface area contributed by atoms with Gasteiger partial charge in [0.15, 0.2) is 6.61 Å². The molecule has 0 aliphatic rings. The molecular formula is C12H14Cl2F3NO. The Hall–Kier alpha value is -0.650. The largest absolute Gasteiger partial charge is 0.482 e. The molecule has 1 N–H and O–H groups in total. The summed E-state index contributed by atoms with van der Waals surface area (Å²) < 4.78 is 41.3. The average molecular weight is 316 g/mol. The Kier molecular flexibility index (Phi) is 5.77. The molecule has 1 rings (SSSR count). The van der Waals surface area contributed by atoms with Crippen LogP contribution < -0.4 is 10.1 Å². The van der Waals surface area contributed by atoms with Crippen LogP contribution in [0, 0.1) is 0 Å². The Morgan fingerprint density at radius 3 is 2.42 bits per heavy atom. The zero-order valence-corrected chi connectivity index (χ0v) is 12.0. The van der Waals surface area contributed by atoms with Gasteiger partial charge in [0.25, 0.3) is 0 Å². The molecular weight excluding hydrogens is 302 g/mol. The van der Waals surface area contributed by atoms with Gasteiger partial charge in [0.05, 0.1) is 5.02 Å². The Labute approximate surface area is 119 Å². The average Bonchev–Trinajstić information content (AvgIpc) is 2.23. The summed E-state index contributed by atoms with van der Waals surface area (Å²) in [5.74, 6) is 0.0107. The summed E-state index contributed by atoms with van der Waals surface area (Å²) in [6.45, 7) is 2.78. The monoisotopic (exact) mass is 315 g/mol. The SMILES string of the molecule is CC(C)NCc1cc(Cl)cc(Cl)c1OCC(F)(F)F. The number of ether oxygens (including phenoxy) is 1. The topological polar surface area (TPSA) is 21.3 Å². The summed E-state index contributed by atoms with van der Waals surface area (Å²) in [6.07, 6.45) is -4.41. The molecule has 0 atom stereocenters. The highest BCUT2D eigenvalue weighted by molar-refractivity contribution is 6.35. The van der Waals surface area contributed by atoms with Crippen molar-refractivity contribution in [3.05, 3.63) is 27.7 Å². The highest BCUT2D eigenvalue weighted by atomic mass is 35.5. The molecule has 7 heteroatoms. The van der Waals surface area contributed by atoms with E-state index >= 15 is 0 Å². The number of alkyl halides is 3. The molecule has 0 spiro atoms. The standard InChI is InChI=1S/C12H14Cl2F3NO/c1-7(2)18-5-8-3-9(13)4-10(14)11(8)19-6-12(15,16)17/h3-4,7,18H,5-6H2,1-2H3. The van der Waals surface area contributed by atoms with Crippen LogP contribution in [-0.4, -0.2) is 18.8 Å². The lowest BCUT2D eigenvalue weighted by Crippen LogP contribution is -2.24. The molecule has 0 aromatic heterocycles. The van der Waals surface area contributed by atoms with Gasteiger partial charge in [-0.3, -0.25) is 0 Å². The fraction of sp³-hybridized carbons (Fsp3) is 0.500. The normalized spacial score (nSPS) is 12.0. The van der Waals surface area contributed by atoms with Gasteiger partial charge in [-0.25, -0.2) is 0 Å². The molecule has 0 amide bonds. The number of rotatable bonds is 5. The first-order valence-electron chi connectivity index (χ1n) is 5.60. The van der Waals surface area contributed by atoms with E-state index in [0.717, 1.165) is 0 Å². The third-order valence-corrected chi connectivity index (χ3v) is 2.67. The van der Waals surface area contributed by atoms with Crippen molar-refractivity contribution in [2.24, 2.45) is 0 Å². The van der Waals surface area contributed by atoms with Gasteiger partial charge >= 0.3 is 6.18 Å². The third kappa shape index (κ3) is 5.89. The van der Waals surface area contributed by atoms with Gasteiger partial charge in [0.2, 0.25) is 0 Å². The summed E-state index contributed by atoms with van der Waals surface area (Å²) in [6, 6.07) is 3.07. The molecule has 0 fully saturated rings. The first kappa shape index (κ1) is 16.4. The van der Waals surface area contributed by atoms with Gasteiger partial charge in [0, 0.05) is 23.2 Å². The molecule has 0 heterocycles. The minimum Gasteiger partial charge on any atom is -0.482 e. The molecule has 0 radical (unpaired) electrons. The minimum absolute atomic E-state index is 0.0107. The number of benzene rings is 1. The molecule has 0 bridgehead atoms. The Bertz CT molecular complexity index is 436. The second-order valence-electron chi connectivity index (χ2n) is 4.32. The van der Waals surface area contributed by atoms with Crippen molar-refractivity contribution < 1.29 is 17.9 Å². The van der Waals surface area contributed by atoms with E-state index in [1.807, 2.05) is 13.8 Å². The molecule has 0 saturated heterocycles. The summed E-state index contributed by atoms with van der Waals surface area (Å²) in [5, 5.41) is 3.49. The van der Waals surface area contributed by atoms with Crippen molar-refractivity contribution in [3.8, 4) is 5.75 Å². The molecule has 0 unspecified atom stereocenters. The number of halogens is 5. The molecule has 1 aromatic rings. The van der Waals surface area contributed by atoms with E-state index in [-0.39, 0.29) is 16.8 Å². The zero-order chi connectivity index (χ0) is 14.6. The van der Waals surface area contributed by atoms with Gasteiger partial charge in [0.1, 0.15) is 5.75 Å². The predicted octanol–water partition coefficient (Wildman–Crippen LogP) is 4.43. The number of hydrogen-bond acceptors (Lipinski definition) is 2. The van der Waals surface area contributed by atoms with Crippen molar-refractivity contribution in [3.63, 3.8) is 0 Å². The number of hydrogen-bond donors (Lipinski definition) is 1. The van der Waals surface area contributed by atoms with Gasteiger partial charge < -0.3 is 10.1 Å². The van der Waals surface area contributed by atoms with E-state index in [9.17, 15) is 13.2 Å². The summed E-state index contributed by atoms with van der Waals surface area (Å²) >= 11 is 11.7. The quantitative estimate of drug-likeness (QED) is 0.867. The van der Waals surface area contributed by atoms with Crippen LogP contribution in [0.1, 0.15) is 19.4 Å². The van der Waals surface area contributed by atoms with Crippen LogP contribution in [0.3, 0.4) is 0 Å². The lowest BCUT2D eigenvalue weighted by Gasteiger charge is -2.16. The molecule has 108 valence electrons. The van der Waals surface area contributed by atoms with E-state index in [4.69, 9.17) is 27.9 Å². The minimum atomic E-state index is -4.41. The van der Waals surface area contributed by atoms with E-state index in [1.54, 1.807) is 0 Å². The first-order chi connectivity index (χ1) is 8.69. The second kappa shape index (κ2) is 6.68. The van der Waals surface area contributed by atoms with Crippen LogP contribution in [0.25, 0.3) is 0 Å². The lowest BCUT2D eigenvalue weighted by molar-refractivity contribution is -0.153. The smallest absolute Gasteiger partial charge is 0.422 e. The van der Waals surface area contributed by atoms with E-state index in [0.29, 0.717) is 17.1 Å². The summed E-state index contributed by atoms with van der Waals surface area (Å²) in [7, 11) is 0. The van der Waals surface area contributed by atoms with E-state index < -0.39 is 12.8 Å². The Morgan fingerprint density at radius 1 is 1.26 bits per heavy atom. The maximum absolute atomic E-state index is 12.2. The zero-order valence-electron chi connectivity index (χ0n) is 10.4. The van der Waals surface area contributed by atoms with Crippen LogP contribution in [0.4, 0.5) is 13.2 Å². The van der Waals surface area contributed by atoms with Crippen molar-refractivity contribution in [2.75, 3.05) is 6.61 Å². The fourth-order valence-electron chi connectivity index (χ4n) is 1.37. The fourth-order valence-corrected chi connectivity index (χ4v) is 1.96. The maximum Gasteiger partial charge on any atom is 0.422 e. The molecule has 19 heavy (non-hydrogen) atoms. The molecule has 0 aliphatic carbocycles. The molecule has 2 nitrogen and oxygen atoms in total. The Balaban J connectivity index is 2.92. The van der Waals surface area contributed by atoms with Gasteiger partial charge in [-0.15, -0.1) is 0 Å². The summed E-state index contributed by atoms with van der Waals surface area (Å²) in [5.41, 5.74) is 0.496. The third-order valence-electron chi connectivity index (χ3n) is 2.17. The highest BCUT2D eigenvalue weighted by Crippen LogP contribution is 2.33. The van der Waals surface area contributed by atoms with Gasteiger partial charge in [-0.1, -0.05) is 37.0 Å². The Morgan fingerprint density at radius 2 is 1.89 bits per heavy atom. The molecule has 1 aromatic carbocycles. The molecule has 0 saturated carbocycles. The van der Waals surface area contributed by atoms with Gasteiger partial charge in [-0.05, 0) is 12.1 Å². The van der Waals surface area contributed by atoms with Crippen LogP contribution in [0.2, 0.25) is 10.0 Å². The van der Waals surface area contributed by atoms with Crippen LogP contribution in [0.15, 0.2) is 12.1 Å². The first-order valence-corrected chi connectivity index (χ1v) is 6.35. The van der Waals surface area contributed by atoms with Crippen molar-refractivity contribution >= 4 is 23.2 Å². The highest BCUT2D eigenvalue weighted by Gasteiger charge is 2.29.